The van der Waals surface area contributed by atoms with Crippen LogP contribution in [0.3, 0.4) is 0 Å². The average molecular weight is 282 g/mol. The van der Waals surface area contributed by atoms with Crippen LogP contribution in [0.15, 0.2) is 13.6 Å². The highest BCUT2D eigenvalue weighted by Gasteiger charge is 2.64. The quantitative estimate of drug-likeness (QED) is 0.819. The van der Waals surface area contributed by atoms with Crippen LogP contribution in [0.2, 0.25) is 0 Å². The summed E-state index contributed by atoms with van der Waals surface area (Å²) in [5.74, 6) is -2.37. The maximum Gasteiger partial charge on any atom is 0.519 e. The molecule has 1 aromatic rings. The van der Waals surface area contributed by atoms with E-state index in [-0.39, 0.29) is 35.9 Å². The van der Waals surface area contributed by atoms with Crippen molar-refractivity contribution in [3.05, 3.63) is 22.1 Å². The predicted octanol–water partition coefficient (Wildman–Crippen LogP) is 0.941. The molecule has 2 aliphatic carbocycles. The van der Waals surface area contributed by atoms with Gasteiger partial charge in [-0.2, -0.15) is 0 Å². The molecule has 7 nitrogen and oxygen atoms in total. The van der Waals surface area contributed by atoms with Crippen LogP contribution < -0.4 is 5.82 Å². The molecular weight excluding hydrogens is 268 g/mol. The number of carboxylic acids is 1. The third kappa shape index (κ3) is 2.03. The van der Waals surface area contributed by atoms with Crippen molar-refractivity contribution in [3.63, 3.8) is 0 Å². The second kappa shape index (κ2) is 4.50. The lowest BCUT2D eigenvalue weighted by atomic mass is 10.0. The van der Waals surface area contributed by atoms with Gasteiger partial charge in [0.25, 0.3) is 0 Å². The fourth-order valence-electron chi connectivity index (χ4n) is 3.24. The van der Waals surface area contributed by atoms with Gasteiger partial charge in [-0.15, -0.1) is 0 Å². The SMILES string of the molecule is Cc1oc(=O)oc1COC(=O)C1C2CCC(C(=O)O)C21. The number of aliphatic carboxylic acids is 1. The summed E-state index contributed by atoms with van der Waals surface area (Å²) in [4.78, 5) is 33.8. The maximum absolute atomic E-state index is 11.9. The summed E-state index contributed by atoms with van der Waals surface area (Å²) in [6.07, 6.45) is 1.38. The summed E-state index contributed by atoms with van der Waals surface area (Å²) in [5.41, 5.74) is 0. The lowest BCUT2D eigenvalue weighted by molar-refractivity contribution is -0.149. The van der Waals surface area contributed by atoms with Crippen molar-refractivity contribution in [2.75, 3.05) is 0 Å². The van der Waals surface area contributed by atoms with E-state index in [1.807, 2.05) is 0 Å². The Morgan fingerprint density at radius 1 is 1.35 bits per heavy atom. The summed E-state index contributed by atoms with van der Waals surface area (Å²) in [6.45, 7) is 1.38. The maximum atomic E-state index is 11.9. The van der Waals surface area contributed by atoms with E-state index in [9.17, 15) is 14.4 Å². The van der Waals surface area contributed by atoms with Crippen LogP contribution >= 0.6 is 0 Å². The molecule has 0 saturated heterocycles. The molecule has 0 aliphatic heterocycles. The van der Waals surface area contributed by atoms with Crippen LogP contribution in [0.4, 0.5) is 0 Å². The van der Waals surface area contributed by atoms with Crippen molar-refractivity contribution in [2.24, 2.45) is 23.7 Å². The van der Waals surface area contributed by atoms with Gasteiger partial charge in [-0.25, -0.2) is 4.79 Å². The number of carbonyl (C=O) groups excluding carboxylic acids is 1. The van der Waals surface area contributed by atoms with E-state index in [0.29, 0.717) is 6.42 Å². The highest BCUT2D eigenvalue weighted by Crippen LogP contribution is 2.61. The van der Waals surface area contributed by atoms with E-state index < -0.39 is 23.7 Å². The van der Waals surface area contributed by atoms with E-state index >= 15 is 0 Å². The summed E-state index contributed by atoms with van der Waals surface area (Å²) in [5, 5.41) is 9.04. The molecule has 7 heteroatoms. The standard InChI is InChI=1S/C13H14O7/c1-5-8(20-13(17)19-5)4-18-12(16)10-6-2-3-7(9(6)10)11(14)15/h6-7,9-10H,2-4H2,1H3,(H,14,15). The first-order valence-corrected chi connectivity index (χ1v) is 6.48. The fourth-order valence-corrected chi connectivity index (χ4v) is 3.24. The lowest BCUT2D eigenvalue weighted by Crippen LogP contribution is -2.18. The molecule has 4 atom stereocenters. The van der Waals surface area contributed by atoms with E-state index in [1.165, 1.54) is 0 Å². The first-order chi connectivity index (χ1) is 9.49. The van der Waals surface area contributed by atoms with Gasteiger partial charge in [-0.05, 0) is 31.6 Å². The van der Waals surface area contributed by atoms with Crippen molar-refractivity contribution in [1.29, 1.82) is 0 Å². The van der Waals surface area contributed by atoms with Crippen LogP contribution in [-0.2, 0) is 20.9 Å². The van der Waals surface area contributed by atoms with E-state index in [1.54, 1.807) is 6.92 Å². The average Bonchev–Trinajstić information content (AvgIpc) is 2.75. The Labute approximate surface area is 113 Å². The van der Waals surface area contributed by atoms with E-state index in [0.717, 1.165) is 6.42 Å². The molecule has 2 aliphatic rings. The Morgan fingerprint density at radius 3 is 2.70 bits per heavy atom. The largest absolute Gasteiger partial charge is 0.519 e. The minimum Gasteiger partial charge on any atom is -0.481 e. The van der Waals surface area contributed by atoms with Crippen LogP contribution in [0.25, 0.3) is 0 Å². The molecule has 0 aromatic carbocycles. The van der Waals surface area contributed by atoms with E-state index in [2.05, 4.69) is 4.42 Å². The van der Waals surface area contributed by atoms with Gasteiger partial charge in [0.2, 0.25) is 0 Å². The van der Waals surface area contributed by atoms with Gasteiger partial charge in [0.1, 0.15) is 0 Å². The Morgan fingerprint density at radius 2 is 2.10 bits per heavy atom. The molecule has 0 radical (unpaired) electrons. The molecular formula is C13H14O7. The summed E-state index contributed by atoms with van der Waals surface area (Å²) >= 11 is 0. The van der Waals surface area contributed by atoms with Crippen molar-refractivity contribution in [3.8, 4) is 0 Å². The number of ether oxygens (including phenoxy) is 1. The second-order valence-corrected chi connectivity index (χ2v) is 5.33. The van der Waals surface area contributed by atoms with Crippen molar-refractivity contribution in [2.45, 2.75) is 26.4 Å². The van der Waals surface area contributed by atoms with E-state index in [4.69, 9.17) is 14.3 Å². The zero-order valence-corrected chi connectivity index (χ0v) is 10.8. The number of carboxylic acid groups (broad SMARTS) is 1. The number of hydrogen-bond donors (Lipinski definition) is 1. The third-order valence-corrected chi connectivity index (χ3v) is 4.28. The molecule has 1 N–H and O–H groups in total. The van der Waals surface area contributed by atoms with Gasteiger partial charge >= 0.3 is 17.8 Å². The zero-order valence-electron chi connectivity index (χ0n) is 10.8. The summed E-state index contributed by atoms with van der Waals surface area (Å²) in [7, 11) is 0. The van der Waals surface area contributed by atoms with Crippen molar-refractivity contribution in [1.82, 2.24) is 0 Å². The normalized spacial score (nSPS) is 30.9. The number of aryl methyl sites for hydroxylation is 1. The van der Waals surface area contributed by atoms with Gasteiger partial charge in [0.05, 0.1) is 11.8 Å². The topological polar surface area (TPSA) is 107 Å². The number of hydrogen-bond acceptors (Lipinski definition) is 6. The van der Waals surface area contributed by atoms with Crippen molar-refractivity contribution >= 4 is 11.9 Å². The molecule has 1 heterocycles. The molecule has 0 spiro atoms. The molecule has 2 fully saturated rings. The monoisotopic (exact) mass is 282 g/mol. The molecule has 108 valence electrons. The molecule has 0 bridgehead atoms. The molecule has 1 aromatic heterocycles. The molecule has 20 heavy (non-hydrogen) atoms. The van der Waals surface area contributed by atoms with Crippen molar-refractivity contribution < 1.29 is 28.3 Å². The molecule has 3 rings (SSSR count). The summed E-state index contributed by atoms with van der Waals surface area (Å²) in [6, 6.07) is 0. The lowest BCUT2D eigenvalue weighted by Gasteiger charge is -2.09. The van der Waals surface area contributed by atoms with Crippen LogP contribution in [0.1, 0.15) is 24.4 Å². The molecule has 0 amide bonds. The highest BCUT2D eigenvalue weighted by atomic mass is 16.6. The Kier molecular flexibility index (Phi) is 2.92. The minimum absolute atomic E-state index is 0.0996. The smallest absolute Gasteiger partial charge is 0.481 e. The number of rotatable bonds is 4. The molecule has 4 unspecified atom stereocenters. The molecule has 2 saturated carbocycles. The van der Waals surface area contributed by atoms with Crippen LogP contribution in [-0.4, -0.2) is 17.0 Å². The predicted molar refractivity (Wildman–Crippen MR) is 62.6 cm³/mol. The van der Waals surface area contributed by atoms with Crippen LogP contribution in [0.5, 0.6) is 0 Å². The first-order valence-electron chi connectivity index (χ1n) is 6.48. The summed E-state index contributed by atoms with van der Waals surface area (Å²) < 4.78 is 14.5. The van der Waals surface area contributed by atoms with Gasteiger partial charge < -0.3 is 18.7 Å². The highest BCUT2D eigenvalue weighted by molar-refractivity contribution is 5.80. The first kappa shape index (κ1) is 13.0. The van der Waals surface area contributed by atoms with Gasteiger partial charge in [-0.3, -0.25) is 9.59 Å². The Bertz CT molecular complexity index is 610. The number of carbonyl (C=O) groups is 2. The second-order valence-electron chi connectivity index (χ2n) is 5.33. The Hall–Kier alpha value is -2.05. The minimum atomic E-state index is -0.843. The zero-order chi connectivity index (χ0) is 14.4. The van der Waals surface area contributed by atoms with Crippen LogP contribution in [0, 0.1) is 30.6 Å². The Balaban J connectivity index is 1.58. The van der Waals surface area contributed by atoms with Gasteiger partial charge in [-0.1, -0.05) is 0 Å². The fraction of sp³-hybridized carbons (Fsp3) is 0.615. The number of esters is 1. The van der Waals surface area contributed by atoms with Gasteiger partial charge in [0.15, 0.2) is 18.1 Å². The number of fused-ring (bicyclic) bond motifs is 1. The van der Waals surface area contributed by atoms with Gasteiger partial charge in [0, 0.05) is 0 Å². The third-order valence-electron chi connectivity index (χ3n) is 4.28.